The highest BCUT2D eigenvalue weighted by molar-refractivity contribution is 5.98. The van der Waals surface area contributed by atoms with Crippen molar-refractivity contribution in [3.05, 3.63) is 65.6 Å². The summed E-state index contributed by atoms with van der Waals surface area (Å²) in [5.74, 6) is 1.31. The minimum absolute atomic E-state index is 0.0738. The lowest BCUT2D eigenvalue weighted by molar-refractivity contribution is 0.0700. The van der Waals surface area contributed by atoms with Crippen LogP contribution < -0.4 is 0 Å². The predicted molar refractivity (Wildman–Crippen MR) is 107 cm³/mol. The van der Waals surface area contributed by atoms with Crippen LogP contribution in [0.5, 0.6) is 0 Å². The van der Waals surface area contributed by atoms with E-state index in [0.717, 1.165) is 47.1 Å². The summed E-state index contributed by atoms with van der Waals surface area (Å²) in [6.45, 7) is 3.56. The van der Waals surface area contributed by atoms with Gasteiger partial charge in [-0.1, -0.05) is 24.3 Å². The van der Waals surface area contributed by atoms with Crippen LogP contribution in [0, 0.1) is 6.92 Å². The molecule has 2 aromatic carbocycles. The molecule has 5 nitrogen and oxygen atoms in total. The Morgan fingerprint density at radius 1 is 1.11 bits per heavy atom. The Morgan fingerprint density at radius 2 is 2.00 bits per heavy atom. The van der Waals surface area contributed by atoms with E-state index in [1.54, 1.807) is 0 Å². The van der Waals surface area contributed by atoms with E-state index in [9.17, 15) is 4.79 Å². The number of piperidine rings is 1. The molecule has 0 bridgehead atoms. The highest BCUT2D eigenvalue weighted by Crippen LogP contribution is 2.28. The van der Waals surface area contributed by atoms with Crippen molar-refractivity contribution in [2.45, 2.75) is 25.7 Å². The van der Waals surface area contributed by atoms with Gasteiger partial charge in [0.05, 0.1) is 11.0 Å². The molecule has 0 radical (unpaired) electrons. The number of rotatable bonds is 2. The van der Waals surface area contributed by atoms with Gasteiger partial charge in [0.1, 0.15) is 11.5 Å². The normalized spacial score (nSPS) is 17.7. The number of aromatic amines is 2. The zero-order valence-corrected chi connectivity index (χ0v) is 15.3. The van der Waals surface area contributed by atoms with Crippen LogP contribution >= 0.6 is 0 Å². The number of hydrogen-bond acceptors (Lipinski definition) is 2. The van der Waals surface area contributed by atoms with Crippen LogP contribution in [0.4, 0.5) is 0 Å². The van der Waals surface area contributed by atoms with Crippen molar-refractivity contribution in [3.63, 3.8) is 0 Å². The van der Waals surface area contributed by atoms with Crippen molar-refractivity contribution < 1.29 is 4.79 Å². The maximum atomic E-state index is 13.1. The number of H-pyrrole nitrogens is 2. The zero-order chi connectivity index (χ0) is 18.4. The summed E-state index contributed by atoms with van der Waals surface area (Å²) < 4.78 is 0. The van der Waals surface area contributed by atoms with Gasteiger partial charge in [-0.25, -0.2) is 4.98 Å². The second-order valence-electron chi connectivity index (χ2n) is 7.50. The van der Waals surface area contributed by atoms with Gasteiger partial charge in [0, 0.05) is 29.9 Å². The van der Waals surface area contributed by atoms with Gasteiger partial charge in [0.25, 0.3) is 5.91 Å². The second kappa shape index (κ2) is 6.27. The first-order valence-corrected chi connectivity index (χ1v) is 9.51. The number of nitrogens with zero attached hydrogens (tertiary/aromatic N) is 2. The average molecular weight is 358 g/mol. The number of amides is 1. The molecule has 5 rings (SSSR count). The van der Waals surface area contributed by atoms with Crippen molar-refractivity contribution >= 4 is 27.8 Å². The Balaban J connectivity index is 1.40. The lowest BCUT2D eigenvalue weighted by Crippen LogP contribution is -2.39. The number of nitrogens with one attached hydrogen (secondary N) is 2. The minimum atomic E-state index is 0.0738. The van der Waals surface area contributed by atoms with Crippen molar-refractivity contribution in [1.82, 2.24) is 19.9 Å². The van der Waals surface area contributed by atoms with Crippen molar-refractivity contribution in [3.8, 4) is 0 Å². The molecule has 2 aromatic heterocycles. The number of aryl methyl sites for hydroxylation is 1. The smallest absolute Gasteiger partial charge is 0.270 e. The summed E-state index contributed by atoms with van der Waals surface area (Å²) in [7, 11) is 0. The highest BCUT2D eigenvalue weighted by atomic mass is 16.2. The SMILES string of the molecule is Cc1ccc2cc(C(=O)N3CCCC(c4nc5ccccc5[nH]4)C3)[nH]c2c1. The van der Waals surface area contributed by atoms with Gasteiger partial charge in [-0.05, 0) is 49.6 Å². The van der Waals surface area contributed by atoms with E-state index >= 15 is 0 Å². The van der Waals surface area contributed by atoms with Crippen LogP contribution in [-0.4, -0.2) is 38.8 Å². The van der Waals surface area contributed by atoms with E-state index in [-0.39, 0.29) is 11.8 Å². The van der Waals surface area contributed by atoms with Crippen LogP contribution in [0.25, 0.3) is 21.9 Å². The van der Waals surface area contributed by atoms with Crippen LogP contribution in [0.2, 0.25) is 0 Å². The number of fused-ring (bicyclic) bond motifs is 2. The molecule has 1 aliphatic rings. The predicted octanol–water partition coefficient (Wildman–Crippen LogP) is 4.37. The summed E-state index contributed by atoms with van der Waals surface area (Å²) in [6.07, 6.45) is 2.04. The Bertz CT molecular complexity index is 1110. The highest BCUT2D eigenvalue weighted by Gasteiger charge is 2.28. The fraction of sp³-hybridized carbons (Fsp3) is 0.273. The molecule has 2 N–H and O–H groups in total. The van der Waals surface area contributed by atoms with Crippen LogP contribution in [0.3, 0.4) is 0 Å². The van der Waals surface area contributed by atoms with Gasteiger partial charge in [0.2, 0.25) is 0 Å². The molecule has 27 heavy (non-hydrogen) atoms. The lowest BCUT2D eigenvalue weighted by Gasteiger charge is -2.31. The molecule has 1 unspecified atom stereocenters. The van der Waals surface area contributed by atoms with Crippen LogP contribution in [0.15, 0.2) is 48.5 Å². The molecule has 3 heterocycles. The molecule has 0 saturated carbocycles. The quantitative estimate of drug-likeness (QED) is 0.559. The van der Waals surface area contributed by atoms with E-state index < -0.39 is 0 Å². The number of carbonyl (C=O) groups excluding carboxylic acids is 1. The van der Waals surface area contributed by atoms with Crippen molar-refractivity contribution in [2.24, 2.45) is 0 Å². The minimum Gasteiger partial charge on any atom is -0.351 e. The van der Waals surface area contributed by atoms with E-state index in [2.05, 4.69) is 35.1 Å². The van der Waals surface area contributed by atoms with Gasteiger partial charge in [-0.2, -0.15) is 0 Å². The van der Waals surface area contributed by atoms with E-state index in [1.165, 1.54) is 5.56 Å². The Labute approximate surface area is 157 Å². The number of likely N-dealkylation sites (tertiary alicyclic amines) is 1. The molecule has 1 amide bonds. The third-order valence-corrected chi connectivity index (χ3v) is 5.51. The molecule has 5 heteroatoms. The lowest BCUT2D eigenvalue weighted by atomic mass is 9.97. The number of benzene rings is 2. The van der Waals surface area contributed by atoms with Gasteiger partial charge >= 0.3 is 0 Å². The van der Waals surface area contributed by atoms with Crippen molar-refractivity contribution in [2.75, 3.05) is 13.1 Å². The average Bonchev–Trinajstić information content (AvgIpc) is 3.31. The monoisotopic (exact) mass is 358 g/mol. The van der Waals surface area contributed by atoms with Gasteiger partial charge in [0.15, 0.2) is 0 Å². The van der Waals surface area contributed by atoms with E-state index in [4.69, 9.17) is 4.98 Å². The molecule has 4 aromatic rings. The fourth-order valence-corrected chi connectivity index (χ4v) is 4.08. The summed E-state index contributed by atoms with van der Waals surface area (Å²) in [6, 6.07) is 16.3. The Hall–Kier alpha value is -3.08. The van der Waals surface area contributed by atoms with Gasteiger partial charge in [-0.15, -0.1) is 0 Å². The first-order valence-electron chi connectivity index (χ1n) is 9.51. The molecule has 0 spiro atoms. The molecule has 0 aliphatic carbocycles. The fourth-order valence-electron chi connectivity index (χ4n) is 4.08. The summed E-state index contributed by atoms with van der Waals surface area (Å²) >= 11 is 0. The zero-order valence-electron chi connectivity index (χ0n) is 15.3. The topological polar surface area (TPSA) is 64.8 Å². The van der Waals surface area contributed by atoms with Gasteiger partial charge < -0.3 is 14.9 Å². The third kappa shape index (κ3) is 2.89. The molecule has 1 saturated heterocycles. The van der Waals surface area contributed by atoms with Crippen LogP contribution in [-0.2, 0) is 0 Å². The molecular formula is C22H22N4O. The standard InChI is InChI=1S/C22H22N4O/c1-14-8-9-15-12-20(23-19(15)11-14)22(27)26-10-4-5-16(13-26)21-24-17-6-2-3-7-18(17)25-21/h2-3,6-9,11-12,16,23H,4-5,10,13H2,1H3,(H,24,25). The number of imidazole rings is 1. The maximum Gasteiger partial charge on any atom is 0.270 e. The first kappa shape index (κ1) is 16.1. The maximum absolute atomic E-state index is 13.1. The first-order chi connectivity index (χ1) is 13.2. The number of hydrogen-bond donors (Lipinski definition) is 2. The van der Waals surface area contributed by atoms with Crippen molar-refractivity contribution in [1.29, 1.82) is 0 Å². The summed E-state index contributed by atoms with van der Waals surface area (Å²) in [5.41, 5.74) is 4.92. The second-order valence-corrected chi connectivity index (χ2v) is 7.50. The Morgan fingerprint density at radius 3 is 2.89 bits per heavy atom. The molecule has 136 valence electrons. The molecular weight excluding hydrogens is 336 g/mol. The Kier molecular flexibility index (Phi) is 3.74. The van der Waals surface area contributed by atoms with E-state index in [1.807, 2.05) is 35.2 Å². The molecule has 1 fully saturated rings. The summed E-state index contributed by atoms with van der Waals surface area (Å²) in [4.78, 5) is 26.5. The number of aromatic nitrogens is 3. The van der Waals surface area contributed by atoms with Crippen LogP contribution in [0.1, 0.15) is 40.6 Å². The number of carbonyl (C=O) groups is 1. The molecule has 1 atom stereocenters. The van der Waals surface area contributed by atoms with Gasteiger partial charge in [-0.3, -0.25) is 4.79 Å². The van der Waals surface area contributed by atoms with E-state index in [0.29, 0.717) is 12.2 Å². The summed E-state index contributed by atoms with van der Waals surface area (Å²) in [5, 5.41) is 1.08. The largest absolute Gasteiger partial charge is 0.351 e. The molecule has 1 aliphatic heterocycles. The number of para-hydroxylation sites is 2. The third-order valence-electron chi connectivity index (χ3n) is 5.51.